The molecule has 27 heavy (non-hydrogen) atoms. The van der Waals surface area contributed by atoms with Crippen LogP contribution in [0.4, 0.5) is 0 Å². The smallest absolute Gasteiger partial charge is 0.145 e. The zero-order chi connectivity index (χ0) is 18.7. The first-order valence-corrected chi connectivity index (χ1v) is 9.01. The van der Waals surface area contributed by atoms with Gasteiger partial charge in [-0.1, -0.05) is 54.6 Å². The van der Waals surface area contributed by atoms with E-state index < -0.39 is 5.41 Å². The van der Waals surface area contributed by atoms with E-state index in [1.165, 1.54) is 0 Å². The Morgan fingerprint density at radius 2 is 1.67 bits per heavy atom. The van der Waals surface area contributed by atoms with Crippen LogP contribution < -0.4 is 0 Å². The average molecular weight is 352 g/mol. The number of carbonyl (C=O) groups is 1. The fourth-order valence-corrected chi connectivity index (χ4v) is 3.84. The molecule has 0 saturated carbocycles. The first-order chi connectivity index (χ1) is 13.2. The van der Waals surface area contributed by atoms with Gasteiger partial charge in [0.15, 0.2) is 0 Å². The highest BCUT2D eigenvalue weighted by molar-refractivity contribution is 5.92. The first kappa shape index (κ1) is 17.1. The van der Waals surface area contributed by atoms with Crippen LogP contribution in [-0.2, 0) is 10.2 Å². The van der Waals surface area contributed by atoms with Crippen molar-refractivity contribution < 1.29 is 4.79 Å². The molecule has 0 bridgehead atoms. The van der Waals surface area contributed by atoms with Gasteiger partial charge in [0.1, 0.15) is 5.78 Å². The molecule has 2 heterocycles. The lowest BCUT2D eigenvalue weighted by molar-refractivity contribution is -0.121. The number of hydrogen-bond donors (Lipinski definition) is 0. The van der Waals surface area contributed by atoms with Gasteiger partial charge in [-0.15, -0.1) is 0 Å². The zero-order valence-corrected chi connectivity index (χ0v) is 15.1. The highest BCUT2D eigenvalue weighted by atomic mass is 16.1. The van der Waals surface area contributed by atoms with E-state index in [1.807, 2.05) is 73.0 Å². The van der Waals surface area contributed by atoms with Gasteiger partial charge in [0.05, 0.1) is 5.41 Å². The molecule has 2 atom stereocenters. The summed E-state index contributed by atoms with van der Waals surface area (Å²) in [5, 5.41) is 0. The van der Waals surface area contributed by atoms with Crippen molar-refractivity contribution in [3.8, 4) is 11.1 Å². The second-order valence-electron chi connectivity index (χ2n) is 6.72. The molecule has 0 spiro atoms. The molecular formula is C24H20N2O. The van der Waals surface area contributed by atoms with E-state index in [1.54, 1.807) is 19.3 Å². The van der Waals surface area contributed by atoms with Gasteiger partial charge in [0.2, 0.25) is 0 Å². The number of allylic oxidation sites excluding steroid dienone is 4. The lowest BCUT2D eigenvalue weighted by Crippen LogP contribution is -2.39. The Morgan fingerprint density at radius 1 is 0.926 bits per heavy atom. The maximum Gasteiger partial charge on any atom is 0.145 e. The quantitative estimate of drug-likeness (QED) is 0.672. The Bertz CT molecular complexity index is 1010. The second-order valence-corrected chi connectivity index (χ2v) is 6.72. The van der Waals surface area contributed by atoms with Gasteiger partial charge in [-0.3, -0.25) is 14.8 Å². The van der Waals surface area contributed by atoms with E-state index in [9.17, 15) is 4.79 Å². The summed E-state index contributed by atoms with van der Waals surface area (Å²) < 4.78 is 0. The summed E-state index contributed by atoms with van der Waals surface area (Å²) in [5.74, 6) is -0.0559. The number of Topliss-reactive ketones (excluding diaryl/α,β-unsaturated/α-hetero) is 1. The van der Waals surface area contributed by atoms with Crippen molar-refractivity contribution in [2.75, 3.05) is 0 Å². The fourth-order valence-electron chi connectivity index (χ4n) is 3.84. The maximum atomic E-state index is 12.9. The van der Waals surface area contributed by atoms with E-state index in [-0.39, 0.29) is 11.7 Å². The monoisotopic (exact) mass is 352 g/mol. The molecule has 4 rings (SSSR count). The predicted octanol–water partition coefficient (Wildman–Crippen LogP) is 4.88. The van der Waals surface area contributed by atoms with E-state index in [0.29, 0.717) is 0 Å². The molecule has 0 N–H and O–H groups in total. The number of nitrogens with zero attached hydrogens (tertiary/aromatic N) is 2. The van der Waals surface area contributed by atoms with Crippen LogP contribution in [0.1, 0.15) is 24.1 Å². The van der Waals surface area contributed by atoms with Gasteiger partial charge in [-0.25, -0.2) is 0 Å². The third-order valence-electron chi connectivity index (χ3n) is 5.21. The number of carbonyl (C=O) groups excluding carboxylic acids is 1. The predicted molar refractivity (Wildman–Crippen MR) is 107 cm³/mol. The van der Waals surface area contributed by atoms with E-state index in [2.05, 4.69) is 22.1 Å². The summed E-state index contributed by atoms with van der Waals surface area (Å²) in [6, 6.07) is 18.0. The normalized spacial score (nSPS) is 21.1. The number of hydrogen-bond acceptors (Lipinski definition) is 3. The van der Waals surface area contributed by atoms with Crippen molar-refractivity contribution in [1.29, 1.82) is 0 Å². The summed E-state index contributed by atoms with van der Waals surface area (Å²) in [6.07, 6.45) is 13.4. The molecule has 0 aliphatic heterocycles. The molecule has 1 aliphatic carbocycles. The molecule has 0 amide bonds. The summed E-state index contributed by atoms with van der Waals surface area (Å²) in [4.78, 5) is 21.7. The van der Waals surface area contributed by atoms with Crippen LogP contribution in [0.5, 0.6) is 0 Å². The molecule has 1 aliphatic rings. The number of benzene rings is 1. The van der Waals surface area contributed by atoms with Crippen molar-refractivity contribution in [3.05, 3.63) is 109 Å². The molecule has 2 aromatic heterocycles. The minimum Gasteiger partial charge on any atom is -0.299 e. The number of pyridine rings is 2. The Labute approximate surface area is 159 Å². The van der Waals surface area contributed by atoms with Gasteiger partial charge in [0, 0.05) is 30.2 Å². The number of aromatic nitrogens is 2. The SMILES string of the molecule is CC(=O)C1(c2ccccc2)C=CC=CC1c1cc(-c2ccncc2)ccn1. The van der Waals surface area contributed by atoms with Crippen molar-refractivity contribution in [3.63, 3.8) is 0 Å². The third kappa shape index (κ3) is 3.02. The van der Waals surface area contributed by atoms with Gasteiger partial charge in [-0.2, -0.15) is 0 Å². The maximum absolute atomic E-state index is 12.9. The first-order valence-electron chi connectivity index (χ1n) is 9.01. The van der Waals surface area contributed by atoms with E-state index in [4.69, 9.17) is 0 Å². The van der Waals surface area contributed by atoms with Crippen LogP contribution in [0.3, 0.4) is 0 Å². The summed E-state index contributed by atoms with van der Waals surface area (Å²) >= 11 is 0. The summed E-state index contributed by atoms with van der Waals surface area (Å²) in [6.45, 7) is 1.66. The van der Waals surface area contributed by atoms with Crippen molar-refractivity contribution in [2.24, 2.45) is 0 Å². The Balaban J connectivity index is 1.86. The summed E-state index contributed by atoms with van der Waals surface area (Å²) in [7, 11) is 0. The van der Waals surface area contributed by atoms with Gasteiger partial charge >= 0.3 is 0 Å². The lowest BCUT2D eigenvalue weighted by Gasteiger charge is -2.37. The molecule has 132 valence electrons. The second kappa shape index (κ2) is 7.12. The Hall–Kier alpha value is -3.33. The van der Waals surface area contributed by atoms with Crippen LogP contribution in [0.15, 0.2) is 97.5 Å². The fraction of sp³-hybridized carbons (Fsp3) is 0.125. The molecule has 0 saturated heterocycles. The number of ketones is 1. The standard InChI is InChI=1S/C24H20N2O/c1-18(27)24(21-7-3-2-4-8-21)13-6-5-9-22(24)23-17-20(12-16-26-23)19-10-14-25-15-11-19/h2-17,22H,1H3. The van der Waals surface area contributed by atoms with Crippen molar-refractivity contribution >= 4 is 5.78 Å². The van der Waals surface area contributed by atoms with Crippen LogP contribution >= 0.6 is 0 Å². The van der Waals surface area contributed by atoms with Crippen LogP contribution in [0, 0.1) is 0 Å². The van der Waals surface area contributed by atoms with Crippen molar-refractivity contribution in [1.82, 2.24) is 9.97 Å². The Morgan fingerprint density at radius 3 is 2.41 bits per heavy atom. The highest BCUT2D eigenvalue weighted by Gasteiger charge is 2.43. The largest absolute Gasteiger partial charge is 0.299 e. The zero-order valence-electron chi connectivity index (χ0n) is 15.1. The third-order valence-corrected chi connectivity index (χ3v) is 5.21. The highest BCUT2D eigenvalue weighted by Crippen LogP contribution is 2.44. The van der Waals surface area contributed by atoms with E-state index >= 15 is 0 Å². The molecule has 0 fully saturated rings. The minimum atomic E-state index is -0.750. The van der Waals surface area contributed by atoms with Crippen LogP contribution in [-0.4, -0.2) is 15.8 Å². The number of rotatable bonds is 4. The van der Waals surface area contributed by atoms with Crippen LogP contribution in [0.2, 0.25) is 0 Å². The molecule has 2 unspecified atom stereocenters. The lowest BCUT2D eigenvalue weighted by atomic mass is 9.64. The molecule has 3 aromatic rings. The molecule has 0 radical (unpaired) electrons. The molecule has 1 aromatic carbocycles. The summed E-state index contributed by atoms with van der Waals surface area (Å²) in [5.41, 5.74) is 3.26. The van der Waals surface area contributed by atoms with Gasteiger partial charge in [-0.05, 0) is 47.9 Å². The Kier molecular flexibility index (Phi) is 4.51. The minimum absolute atomic E-state index is 0.107. The van der Waals surface area contributed by atoms with Gasteiger partial charge < -0.3 is 0 Å². The molecule has 3 nitrogen and oxygen atoms in total. The topological polar surface area (TPSA) is 42.9 Å². The molecular weight excluding hydrogens is 332 g/mol. The van der Waals surface area contributed by atoms with Crippen LogP contribution in [0.25, 0.3) is 11.1 Å². The van der Waals surface area contributed by atoms with Crippen molar-refractivity contribution in [2.45, 2.75) is 18.3 Å². The van der Waals surface area contributed by atoms with E-state index in [0.717, 1.165) is 22.4 Å². The molecule has 3 heteroatoms. The average Bonchev–Trinajstić information content (AvgIpc) is 2.75. The van der Waals surface area contributed by atoms with Gasteiger partial charge in [0.25, 0.3) is 0 Å².